The number of nitrogens with zero attached hydrogens (tertiary/aromatic N) is 2. The third-order valence-corrected chi connectivity index (χ3v) is 3.79. The second kappa shape index (κ2) is 4.91. The molecule has 2 N–H and O–H groups in total. The van der Waals surface area contributed by atoms with Crippen molar-refractivity contribution in [3.05, 3.63) is 0 Å². The molecule has 2 fully saturated rings. The van der Waals surface area contributed by atoms with E-state index in [0.29, 0.717) is 0 Å². The normalized spacial score (nSPS) is 24.0. The highest BCUT2D eigenvalue weighted by molar-refractivity contribution is 7.99. The molecule has 0 aromatic carbocycles. The summed E-state index contributed by atoms with van der Waals surface area (Å²) in [6.07, 6.45) is 4.06. The molecular weight excluding hydrogens is 194 g/mol. The predicted molar refractivity (Wildman–Crippen MR) is 62.7 cm³/mol. The van der Waals surface area contributed by atoms with Gasteiger partial charge in [-0.1, -0.05) is 12.8 Å². The molecule has 0 bridgehead atoms. The average molecular weight is 213 g/mol. The Labute approximate surface area is 90.1 Å². The van der Waals surface area contributed by atoms with E-state index in [-0.39, 0.29) is 0 Å². The van der Waals surface area contributed by atoms with Crippen molar-refractivity contribution in [3.63, 3.8) is 0 Å². The first-order valence-electron chi connectivity index (χ1n) is 5.49. The Hall–Kier alpha value is -0.380. The summed E-state index contributed by atoms with van der Waals surface area (Å²) in [7, 11) is 0. The van der Waals surface area contributed by atoms with Crippen LogP contribution in [0, 0.1) is 5.92 Å². The van der Waals surface area contributed by atoms with Crippen LogP contribution in [0.3, 0.4) is 0 Å². The zero-order valence-electron chi connectivity index (χ0n) is 8.61. The molecule has 80 valence electrons. The number of hydrogen-bond donors (Lipinski definition) is 1. The first kappa shape index (κ1) is 10.1. The van der Waals surface area contributed by atoms with Crippen molar-refractivity contribution >= 4 is 17.7 Å². The van der Waals surface area contributed by atoms with Crippen LogP contribution < -0.4 is 5.73 Å². The molecule has 1 aliphatic heterocycles. The molecule has 1 heterocycles. The van der Waals surface area contributed by atoms with Gasteiger partial charge in [-0.15, -0.1) is 0 Å². The lowest BCUT2D eigenvalue weighted by molar-refractivity contribution is 0.455. The van der Waals surface area contributed by atoms with E-state index < -0.39 is 0 Å². The average Bonchev–Trinajstić information content (AvgIpc) is 3.03. The maximum absolute atomic E-state index is 5.92. The van der Waals surface area contributed by atoms with Crippen LogP contribution in [0.15, 0.2) is 4.99 Å². The Morgan fingerprint density at radius 3 is 2.71 bits per heavy atom. The Bertz CT molecular complexity index is 207. The van der Waals surface area contributed by atoms with Crippen molar-refractivity contribution in [2.75, 3.05) is 31.1 Å². The van der Waals surface area contributed by atoms with Gasteiger partial charge in [0.1, 0.15) is 0 Å². The summed E-state index contributed by atoms with van der Waals surface area (Å²) in [6.45, 7) is 3.08. The van der Waals surface area contributed by atoms with Crippen molar-refractivity contribution < 1.29 is 0 Å². The van der Waals surface area contributed by atoms with E-state index >= 15 is 0 Å². The molecule has 0 spiro atoms. The number of hydrogen-bond acceptors (Lipinski definition) is 2. The van der Waals surface area contributed by atoms with Gasteiger partial charge in [-0.25, -0.2) is 0 Å². The van der Waals surface area contributed by atoms with Crippen LogP contribution in [-0.4, -0.2) is 42.0 Å². The van der Waals surface area contributed by atoms with Crippen LogP contribution in [0.4, 0.5) is 0 Å². The Kier molecular flexibility index (Phi) is 3.56. The van der Waals surface area contributed by atoms with E-state index in [1.54, 1.807) is 0 Å². The van der Waals surface area contributed by atoms with E-state index in [4.69, 9.17) is 5.73 Å². The number of rotatable bonds is 3. The monoisotopic (exact) mass is 213 g/mol. The Morgan fingerprint density at radius 2 is 2.07 bits per heavy atom. The standard InChI is InChI=1S/C10H19N3S/c11-10(12-4-3-9-1-2-9)13-5-7-14-8-6-13/h9H,1-8H2,(H2,11,12). The lowest BCUT2D eigenvalue weighted by atomic mass is 10.3. The van der Waals surface area contributed by atoms with Crippen LogP contribution in [0.25, 0.3) is 0 Å². The highest BCUT2D eigenvalue weighted by Crippen LogP contribution is 2.32. The highest BCUT2D eigenvalue weighted by Gasteiger charge is 2.20. The molecule has 0 atom stereocenters. The van der Waals surface area contributed by atoms with Crippen LogP contribution in [0.2, 0.25) is 0 Å². The van der Waals surface area contributed by atoms with Crippen molar-refractivity contribution in [1.82, 2.24) is 4.90 Å². The van der Waals surface area contributed by atoms with Crippen LogP contribution in [-0.2, 0) is 0 Å². The fraction of sp³-hybridized carbons (Fsp3) is 0.900. The minimum Gasteiger partial charge on any atom is -0.370 e. The zero-order valence-corrected chi connectivity index (χ0v) is 9.43. The van der Waals surface area contributed by atoms with Gasteiger partial charge in [-0.2, -0.15) is 11.8 Å². The van der Waals surface area contributed by atoms with Gasteiger partial charge >= 0.3 is 0 Å². The molecule has 1 saturated heterocycles. The van der Waals surface area contributed by atoms with Crippen LogP contribution in [0.5, 0.6) is 0 Å². The molecule has 3 nitrogen and oxygen atoms in total. The summed E-state index contributed by atoms with van der Waals surface area (Å²) < 4.78 is 0. The second-order valence-electron chi connectivity index (χ2n) is 4.07. The topological polar surface area (TPSA) is 41.6 Å². The molecule has 2 aliphatic rings. The first-order chi connectivity index (χ1) is 6.86. The lowest BCUT2D eigenvalue weighted by Crippen LogP contribution is -2.42. The van der Waals surface area contributed by atoms with E-state index in [2.05, 4.69) is 9.89 Å². The van der Waals surface area contributed by atoms with Crippen LogP contribution >= 0.6 is 11.8 Å². The zero-order chi connectivity index (χ0) is 9.80. The molecule has 0 unspecified atom stereocenters. The molecule has 0 radical (unpaired) electrons. The summed E-state index contributed by atoms with van der Waals surface area (Å²) in [4.78, 5) is 6.65. The number of thioether (sulfide) groups is 1. The highest BCUT2D eigenvalue weighted by atomic mass is 32.2. The van der Waals surface area contributed by atoms with Gasteiger partial charge in [0.15, 0.2) is 5.96 Å². The summed E-state index contributed by atoms with van der Waals surface area (Å²) >= 11 is 2.00. The van der Waals surface area contributed by atoms with Crippen molar-refractivity contribution in [2.45, 2.75) is 19.3 Å². The summed E-state index contributed by atoms with van der Waals surface area (Å²) in [5.41, 5.74) is 5.92. The number of guanidine groups is 1. The fourth-order valence-corrected chi connectivity index (χ4v) is 2.56. The van der Waals surface area contributed by atoms with Gasteiger partial charge in [0.2, 0.25) is 0 Å². The van der Waals surface area contributed by atoms with E-state index in [9.17, 15) is 0 Å². The predicted octanol–water partition coefficient (Wildman–Crippen LogP) is 1.15. The molecule has 1 saturated carbocycles. The van der Waals surface area contributed by atoms with Gasteiger partial charge in [0.05, 0.1) is 0 Å². The minimum atomic E-state index is 0.769. The number of aliphatic imine (C=N–C) groups is 1. The molecule has 14 heavy (non-hydrogen) atoms. The largest absolute Gasteiger partial charge is 0.370 e. The molecule has 0 amide bonds. The van der Waals surface area contributed by atoms with Gasteiger partial charge in [0.25, 0.3) is 0 Å². The maximum Gasteiger partial charge on any atom is 0.191 e. The molecule has 4 heteroatoms. The van der Waals surface area contributed by atoms with Gasteiger partial charge < -0.3 is 10.6 Å². The summed E-state index contributed by atoms with van der Waals surface area (Å²) in [6, 6.07) is 0. The minimum absolute atomic E-state index is 0.769. The first-order valence-corrected chi connectivity index (χ1v) is 6.64. The molecule has 0 aromatic heterocycles. The lowest BCUT2D eigenvalue weighted by Gasteiger charge is -2.27. The fourth-order valence-electron chi connectivity index (χ4n) is 1.66. The maximum atomic E-state index is 5.92. The van der Waals surface area contributed by atoms with Gasteiger partial charge in [0, 0.05) is 31.1 Å². The summed E-state index contributed by atoms with van der Waals surface area (Å²) in [5, 5.41) is 0. The molecular formula is C10H19N3S. The Morgan fingerprint density at radius 1 is 1.36 bits per heavy atom. The molecule has 0 aromatic rings. The summed E-state index contributed by atoms with van der Waals surface area (Å²) in [5.74, 6) is 4.12. The molecule has 2 rings (SSSR count). The third kappa shape index (κ3) is 3.08. The van der Waals surface area contributed by atoms with E-state index in [0.717, 1.165) is 31.5 Å². The smallest absolute Gasteiger partial charge is 0.191 e. The Balaban J connectivity index is 1.70. The van der Waals surface area contributed by atoms with E-state index in [1.807, 2.05) is 11.8 Å². The van der Waals surface area contributed by atoms with Crippen molar-refractivity contribution in [2.24, 2.45) is 16.6 Å². The SMILES string of the molecule is NC(=NCCC1CC1)N1CCSCC1. The quantitative estimate of drug-likeness (QED) is 0.565. The second-order valence-corrected chi connectivity index (χ2v) is 5.30. The van der Waals surface area contributed by atoms with E-state index in [1.165, 1.54) is 30.8 Å². The van der Waals surface area contributed by atoms with Crippen molar-refractivity contribution in [3.8, 4) is 0 Å². The number of nitrogens with two attached hydrogens (primary N) is 1. The third-order valence-electron chi connectivity index (χ3n) is 2.84. The molecule has 1 aliphatic carbocycles. The van der Waals surface area contributed by atoms with Crippen LogP contribution in [0.1, 0.15) is 19.3 Å². The van der Waals surface area contributed by atoms with Crippen molar-refractivity contribution in [1.29, 1.82) is 0 Å². The van der Waals surface area contributed by atoms with Gasteiger partial charge in [-0.05, 0) is 12.3 Å². The van der Waals surface area contributed by atoms with Gasteiger partial charge in [-0.3, -0.25) is 4.99 Å².